The molecule has 6 nitrogen and oxygen atoms in total. The molecule has 0 spiro atoms. The maximum absolute atomic E-state index is 12.1. The average molecular weight is 491 g/mol. The highest BCUT2D eigenvalue weighted by molar-refractivity contribution is 5.87. The third-order valence-electron chi connectivity index (χ3n) is 6.49. The van der Waals surface area contributed by atoms with E-state index in [9.17, 15) is 4.79 Å². The zero-order valence-electron chi connectivity index (χ0n) is 21.4. The van der Waals surface area contributed by atoms with Crippen LogP contribution in [0, 0.1) is 0 Å². The molecule has 3 aromatic rings. The monoisotopic (exact) mass is 490 g/mol. The van der Waals surface area contributed by atoms with Crippen molar-refractivity contribution in [2.75, 3.05) is 34.0 Å². The van der Waals surface area contributed by atoms with Gasteiger partial charge >= 0.3 is 5.97 Å². The van der Waals surface area contributed by atoms with Crippen molar-refractivity contribution in [3.05, 3.63) is 77.4 Å². The SMILES string of the molecule is CCOC(=O)C(Cc1ccc(OCCC2c3cccc(OC)c3-c3c(OC)cccc32)cc1)OCC. The standard InChI is InChI=1S/C30H34O6/c1-5-34-27(30(31)35-6-2)19-20-13-15-21(16-14-20)36-18-17-22-23-9-7-11-25(32-3)28(23)29-24(22)10-8-12-26(29)33-4/h7-16,22,27H,5-6,17-19H2,1-4H3. The number of fused-ring (bicyclic) bond motifs is 3. The minimum Gasteiger partial charge on any atom is -0.496 e. The molecule has 0 aromatic heterocycles. The quantitative estimate of drug-likeness (QED) is 0.299. The smallest absolute Gasteiger partial charge is 0.335 e. The lowest BCUT2D eigenvalue weighted by molar-refractivity contribution is -0.156. The van der Waals surface area contributed by atoms with E-state index in [1.807, 2.05) is 55.5 Å². The van der Waals surface area contributed by atoms with E-state index in [1.54, 1.807) is 21.1 Å². The number of hydrogen-bond donors (Lipinski definition) is 0. The molecule has 1 aliphatic carbocycles. The van der Waals surface area contributed by atoms with Gasteiger partial charge in [0, 0.05) is 30.1 Å². The van der Waals surface area contributed by atoms with Gasteiger partial charge in [-0.25, -0.2) is 4.79 Å². The Morgan fingerprint density at radius 2 is 1.44 bits per heavy atom. The minimum absolute atomic E-state index is 0.191. The van der Waals surface area contributed by atoms with E-state index in [-0.39, 0.29) is 11.9 Å². The van der Waals surface area contributed by atoms with Crippen LogP contribution in [0.4, 0.5) is 0 Å². The van der Waals surface area contributed by atoms with Gasteiger partial charge in [0.15, 0.2) is 6.10 Å². The Kier molecular flexibility index (Phi) is 8.49. The van der Waals surface area contributed by atoms with Gasteiger partial charge in [0.05, 0.1) is 27.4 Å². The molecule has 6 heteroatoms. The summed E-state index contributed by atoms with van der Waals surface area (Å²) in [6.07, 6.45) is 0.682. The second-order valence-electron chi connectivity index (χ2n) is 8.58. The normalized spacial score (nSPS) is 13.0. The molecule has 0 fully saturated rings. The van der Waals surface area contributed by atoms with Crippen LogP contribution >= 0.6 is 0 Å². The molecule has 0 saturated carbocycles. The number of rotatable bonds is 12. The van der Waals surface area contributed by atoms with Crippen molar-refractivity contribution in [2.24, 2.45) is 0 Å². The largest absolute Gasteiger partial charge is 0.496 e. The van der Waals surface area contributed by atoms with Gasteiger partial charge in [0.2, 0.25) is 0 Å². The van der Waals surface area contributed by atoms with E-state index in [4.69, 9.17) is 23.7 Å². The van der Waals surface area contributed by atoms with Gasteiger partial charge in [-0.05, 0) is 61.2 Å². The molecule has 1 aliphatic rings. The Balaban J connectivity index is 1.44. The molecule has 0 saturated heterocycles. The van der Waals surface area contributed by atoms with Crippen LogP contribution in [0.5, 0.6) is 17.2 Å². The second kappa shape index (κ2) is 12.0. The number of ether oxygens (including phenoxy) is 5. The Bertz CT molecular complexity index is 1120. The van der Waals surface area contributed by atoms with Crippen molar-refractivity contribution in [2.45, 2.75) is 38.7 Å². The molecule has 4 rings (SSSR count). The number of esters is 1. The van der Waals surface area contributed by atoms with Crippen molar-refractivity contribution in [3.8, 4) is 28.4 Å². The first-order valence-corrected chi connectivity index (χ1v) is 12.4. The van der Waals surface area contributed by atoms with Gasteiger partial charge in [-0.3, -0.25) is 0 Å². The Morgan fingerprint density at radius 3 is 1.97 bits per heavy atom. The molecule has 0 radical (unpaired) electrons. The fraction of sp³-hybridized carbons (Fsp3) is 0.367. The van der Waals surface area contributed by atoms with Gasteiger partial charge in [0.1, 0.15) is 17.2 Å². The van der Waals surface area contributed by atoms with Gasteiger partial charge < -0.3 is 23.7 Å². The number of benzene rings is 3. The molecule has 1 atom stereocenters. The number of hydrogen-bond acceptors (Lipinski definition) is 6. The van der Waals surface area contributed by atoms with E-state index in [0.29, 0.717) is 26.2 Å². The van der Waals surface area contributed by atoms with Crippen molar-refractivity contribution in [3.63, 3.8) is 0 Å². The van der Waals surface area contributed by atoms with Crippen molar-refractivity contribution in [1.82, 2.24) is 0 Å². The van der Waals surface area contributed by atoms with Crippen LogP contribution in [-0.4, -0.2) is 46.1 Å². The molecule has 36 heavy (non-hydrogen) atoms. The van der Waals surface area contributed by atoms with E-state index >= 15 is 0 Å². The third-order valence-corrected chi connectivity index (χ3v) is 6.49. The summed E-state index contributed by atoms with van der Waals surface area (Å²) < 4.78 is 28.2. The van der Waals surface area contributed by atoms with Crippen molar-refractivity contribution < 1.29 is 28.5 Å². The molecule has 0 aliphatic heterocycles. The topological polar surface area (TPSA) is 63.2 Å². The van der Waals surface area contributed by atoms with E-state index in [1.165, 1.54) is 11.1 Å². The Morgan fingerprint density at radius 1 is 0.833 bits per heavy atom. The zero-order valence-corrected chi connectivity index (χ0v) is 21.4. The minimum atomic E-state index is -0.599. The summed E-state index contributed by atoms with van der Waals surface area (Å²) in [6, 6.07) is 20.2. The van der Waals surface area contributed by atoms with Crippen molar-refractivity contribution in [1.29, 1.82) is 0 Å². The highest BCUT2D eigenvalue weighted by Crippen LogP contribution is 2.53. The van der Waals surface area contributed by atoms with E-state index in [2.05, 4.69) is 12.1 Å². The summed E-state index contributed by atoms with van der Waals surface area (Å²) in [7, 11) is 3.41. The van der Waals surface area contributed by atoms with Crippen LogP contribution in [0.15, 0.2) is 60.7 Å². The summed E-state index contributed by atoms with van der Waals surface area (Å²) in [5.74, 6) is 2.36. The first-order valence-electron chi connectivity index (χ1n) is 12.4. The van der Waals surface area contributed by atoms with E-state index < -0.39 is 6.10 Å². The molecular formula is C30H34O6. The predicted octanol–water partition coefficient (Wildman–Crippen LogP) is 5.80. The predicted molar refractivity (Wildman–Crippen MR) is 139 cm³/mol. The summed E-state index contributed by atoms with van der Waals surface area (Å²) >= 11 is 0. The van der Waals surface area contributed by atoms with Gasteiger partial charge in [-0.2, -0.15) is 0 Å². The summed E-state index contributed by atoms with van der Waals surface area (Å²) in [6.45, 7) is 5.02. The van der Waals surface area contributed by atoms with Crippen LogP contribution < -0.4 is 14.2 Å². The first kappa shape index (κ1) is 25.6. The fourth-order valence-electron chi connectivity index (χ4n) is 4.91. The third kappa shape index (κ3) is 5.34. The highest BCUT2D eigenvalue weighted by Gasteiger charge is 2.33. The average Bonchev–Trinajstić information content (AvgIpc) is 3.23. The zero-order chi connectivity index (χ0) is 25.5. The Labute approximate surface area is 213 Å². The molecule has 0 amide bonds. The molecule has 0 bridgehead atoms. The molecule has 0 N–H and O–H groups in total. The lowest BCUT2D eigenvalue weighted by Crippen LogP contribution is -2.28. The Hall–Kier alpha value is -3.51. The van der Waals surface area contributed by atoms with Crippen LogP contribution in [0.1, 0.15) is 42.9 Å². The summed E-state index contributed by atoms with van der Waals surface area (Å²) in [5, 5.41) is 0. The molecule has 0 heterocycles. The maximum Gasteiger partial charge on any atom is 0.335 e. The van der Waals surface area contributed by atoms with Gasteiger partial charge in [-0.1, -0.05) is 36.4 Å². The van der Waals surface area contributed by atoms with Crippen LogP contribution in [0.2, 0.25) is 0 Å². The van der Waals surface area contributed by atoms with Crippen LogP contribution in [0.3, 0.4) is 0 Å². The summed E-state index contributed by atoms with van der Waals surface area (Å²) in [4.78, 5) is 12.1. The molecular weight excluding hydrogens is 456 g/mol. The lowest BCUT2D eigenvalue weighted by atomic mass is 9.94. The van der Waals surface area contributed by atoms with Gasteiger partial charge in [0.25, 0.3) is 0 Å². The molecule has 190 valence electrons. The summed E-state index contributed by atoms with van der Waals surface area (Å²) in [5.41, 5.74) is 5.66. The van der Waals surface area contributed by atoms with Crippen LogP contribution in [0.25, 0.3) is 11.1 Å². The fourth-order valence-corrected chi connectivity index (χ4v) is 4.91. The number of carbonyl (C=O) groups is 1. The number of methoxy groups -OCH3 is 2. The van der Waals surface area contributed by atoms with Crippen molar-refractivity contribution >= 4 is 5.97 Å². The first-order chi connectivity index (χ1) is 17.6. The molecule has 3 aromatic carbocycles. The van der Waals surface area contributed by atoms with Crippen LogP contribution in [-0.2, 0) is 20.7 Å². The highest BCUT2D eigenvalue weighted by atomic mass is 16.6. The maximum atomic E-state index is 12.1. The second-order valence-corrected chi connectivity index (χ2v) is 8.58. The van der Waals surface area contributed by atoms with E-state index in [0.717, 1.165) is 40.4 Å². The van der Waals surface area contributed by atoms with Gasteiger partial charge in [-0.15, -0.1) is 0 Å². The molecule has 1 unspecified atom stereocenters. The lowest BCUT2D eigenvalue weighted by Gasteiger charge is -2.16. The number of carbonyl (C=O) groups excluding carboxylic acids is 1.